The third-order valence-corrected chi connectivity index (χ3v) is 3.00. The van der Waals surface area contributed by atoms with Gasteiger partial charge in [-0.2, -0.15) is 0 Å². The van der Waals surface area contributed by atoms with Crippen molar-refractivity contribution in [3.8, 4) is 0 Å². The summed E-state index contributed by atoms with van der Waals surface area (Å²) in [4.78, 5) is 0. The summed E-state index contributed by atoms with van der Waals surface area (Å²) >= 11 is 0. The van der Waals surface area contributed by atoms with E-state index in [2.05, 4.69) is 33.9 Å². The molecule has 0 spiro atoms. The Kier molecular flexibility index (Phi) is 14.8. The summed E-state index contributed by atoms with van der Waals surface area (Å²) in [7, 11) is 0. The molecule has 1 aliphatic rings. The van der Waals surface area contributed by atoms with Gasteiger partial charge >= 0.3 is 0 Å². The molecule has 1 aliphatic carbocycles. The standard InChI is InChI=1S/C10H20.C2H4.2H3N/c1-8(2)10-6-4-9(3)5-7-10;1-2;;/h8-10H,4-7H2,1-3H3;1-2H2;2*1H3. The van der Waals surface area contributed by atoms with Crippen molar-refractivity contribution < 1.29 is 0 Å². The van der Waals surface area contributed by atoms with Crippen LogP contribution in [0.15, 0.2) is 13.2 Å². The van der Waals surface area contributed by atoms with E-state index in [4.69, 9.17) is 0 Å². The van der Waals surface area contributed by atoms with E-state index in [1.165, 1.54) is 25.7 Å². The van der Waals surface area contributed by atoms with E-state index in [1.54, 1.807) is 0 Å². The molecule has 0 atom stereocenters. The third-order valence-electron chi connectivity index (χ3n) is 3.00. The second kappa shape index (κ2) is 10.7. The van der Waals surface area contributed by atoms with Crippen LogP contribution in [0.25, 0.3) is 0 Å². The first kappa shape index (κ1) is 19.3. The Hall–Kier alpha value is -0.340. The van der Waals surface area contributed by atoms with Gasteiger partial charge < -0.3 is 12.3 Å². The fourth-order valence-corrected chi connectivity index (χ4v) is 1.95. The van der Waals surface area contributed by atoms with Crippen molar-refractivity contribution in [1.82, 2.24) is 12.3 Å². The molecule has 0 unspecified atom stereocenters. The van der Waals surface area contributed by atoms with Gasteiger partial charge in [-0.3, -0.25) is 0 Å². The highest BCUT2D eigenvalue weighted by Gasteiger charge is 2.19. The van der Waals surface area contributed by atoms with E-state index >= 15 is 0 Å². The summed E-state index contributed by atoms with van der Waals surface area (Å²) in [5.74, 6) is 2.97. The van der Waals surface area contributed by atoms with E-state index in [9.17, 15) is 0 Å². The minimum atomic E-state index is 0. The van der Waals surface area contributed by atoms with E-state index in [-0.39, 0.29) is 12.3 Å². The Morgan fingerprint density at radius 1 is 0.929 bits per heavy atom. The van der Waals surface area contributed by atoms with Gasteiger partial charge in [0, 0.05) is 0 Å². The van der Waals surface area contributed by atoms with Gasteiger partial charge in [0.2, 0.25) is 0 Å². The highest BCUT2D eigenvalue weighted by atomic mass is 14.3. The molecule has 2 nitrogen and oxygen atoms in total. The molecule has 88 valence electrons. The van der Waals surface area contributed by atoms with Crippen molar-refractivity contribution in [2.45, 2.75) is 46.5 Å². The molecular weight excluding hydrogens is 172 g/mol. The van der Waals surface area contributed by atoms with Crippen molar-refractivity contribution in [1.29, 1.82) is 0 Å². The van der Waals surface area contributed by atoms with Gasteiger partial charge in [0.25, 0.3) is 0 Å². The summed E-state index contributed by atoms with van der Waals surface area (Å²) in [5, 5.41) is 0. The molecular formula is C12H30N2. The van der Waals surface area contributed by atoms with Crippen LogP contribution in [0.1, 0.15) is 46.5 Å². The Labute approximate surface area is 90.3 Å². The van der Waals surface area contributed by atoms with Crippen LogP contribution in [0.5, 0.6) is 0 Å². The lowest BCUT2D eigenvalue weighted by molar-refractivity contribution is 0.234. The van der Waals surface area contributed by atoms with Gasteiger partial charge in [0.05, 0.1) is 0 Å². The SMILES string of the molecule is C=C.CC1CCC(C(C)C)CC1.N.N. The molecule has 0 aromatic heterocycles. The predicted molar refractivity (Wildman–Crippen MR) is 67.3 cm³/mol. The van der Waals surface area contributed by atoms with Crippen LogP contribution in [0.3, 0.4) is 0 Å². The quantitative estimate of drug-likeness (QED) is 0.610. The van der Waals surface area contributed by atoms with Gasteiger partial charge in [0.1, 0.15) is 0 Å². The minimum Gasteiger partial charge on any atom is -0.344 e. The molecule has 2 heteroatoms. The van der Waals surface area contributed by atoms with Crippen molar-refractivity contribution >= 4 is 0 Å². The first-order chi connectivity index (χ1) is 5.70. The van der Waals surface area contributed by atoms with Crippen molar-refractivity contribution in [2.75, 3.05) is 0 Å². The molecule has 0 aromatic carbocycles. The van der Waals surface area contributed by atoms with Gasteiger partial charge in [-0.25, -0.2) is 0 Å². The predicted octanol–water partition coefficient (Wildman–Crippen LogP) is 4.59. The second-order valence-electron chi connectivity index (χ2n) is 4.26. The largest absolute Gasteiger partial charge is 0.344 e. The Bertz CT molecular complexity index is 105. The third kappa shape index (κ3) is 7.10. The zero-order valence-corrected chi connectivity index (χ0v) is 10.4. The second-order valence-corrected chi connectivity index (χ2v) is 4.26. The van der Waals surface area contributed by atoms with Gasteiger partial charge in [-0.15, -0.1) is 13.2 Å². The van der Waals surface area contributed by atoms with Gasteiger partial charge in [-0.05, 0) is 30.6 Å². The normalized spacial score (nSPS) is 25.1. The Balaban J connectivity index is -0.000000284. The highest BCUT2D eigenvalue weighted by molar-refractivity contribution is 4.71. The maximum Gasteiger partial charge on any atom is -0.0391 e. The first-order valence-electron chi connectivity index (χ1n) is 5.20. The molecule has 0 aliphatic heterocycles. The Morgan fingerprint density at radius 2 is 1.29 bits per heavy atom. The van der Waals surface area contributed by atoms with Crippen LogP contribution < -0.4 is 12.3 Å². The number of hydrogen-bond acceptors (Lipinski definition) is 2. The van der Waals surface area contributed by atoms with Crippen LogP contribution >= 0.6 is 0 Å². The average Bonchev–Trinajstić information content (AvgIpc) is 2.09. The highest BCUT2D eigenvalue weighted by Crippen LogP contribution is 2.32. The molecule has 0 bridgehead atoms. The van der Waals surface area contributed by atoms with Crippen LogP contribution in [-0.4, -0.2) is 0 Å². The number of rotatable bonds is 1. The van der Waals surface area contributed by atoms with Crippen LogP contribution in [0, 0.1) is 17.8 Å². The molecule has 0 aromatic rings. The molecule has 6 N–H and O–H groups in total. The maximum atomic E-state index is 3.00. The number of hydrogen-bond donors (Lipinski definition) is 2. The monoisotopic (exact) mass is 202 g/mol. The molecule has 0 saturated heterocycles. The van der Waals surface area contributed by atoms with E-state index in [0.29, 0.717) is 0 Å². The van der Waals surface area contributed by atoms with Crippen LogP contribution in [0.2, 0.25) is 0 Å². The Morgan fingerprint density at radius 3 is 1.57 bits per heavy atom. The molecule has 0 radical (unpaired) electrons. The van der Waals surface area contributed by atoms with Crippen LogP contribution in [0.4, 0.5) is 0 Å². The fourth-order valence-electron chi connectivity index (χ4n) is 1.95. The zero-order chi connectivity index (χ0) is 9.56. The molecule has 1 saturated carbocycles. The zero-order valence-electron chi connectivity index (χ0n) is 10.4. The van der Waals surface area contributed by atoms with Crippen molar-refractivity contribution in [3.05, 3.63) is 13.2 Å². The van der Waals surface area contributed by atoms with E-state index in [1.807, 2.05) is 0 Å². The summed E-state index contributed by atoms with van der Waals surface area (Å²) < 4.78 is 0. The first-order valence-corrected chi connectivity index (χ1v) is 5.20. The minimum absolute atomic E-state index is 0. The molecule has 14 heavy (non-hydrogen) atoms. The topological polar surface area (TPSA) is 70.0 Å². The van der Waals surface area contributed by atoms with Crippen molar-refractivity contribution in [2.24, 2.45) is 17.8 Å². The molecule has 1 rings (SSSR count). The smallest absolute Gasteiger partial charge is 0.0391 e. The molecule has 0 amide bonds. The lowest BCUT2D eigenvalue weighted by Gasteiger charge is -2.28. The fraction of sp³-hybridized carbons (Fsp3) is 0.833. The molecule has 1 fully saturated rings. The lowest BCUT2D eigenvalue weighted by atomic mass is 9.78. The van der Waals surface area contributed by atoms with Crippen molar-refractivity contribution in [3.63, 3.8) is 0 Å². The van der Waals surface area contributed by atoms with Crippen LogP contribution in [-0.2, 0) is 0 Å². The summed E-state index contributed by atoms with van der Waals surface area (Å²) in [6.45, 7) is 13.1. The van der Waals surface area contributed by atoms with E-state index < -0.39 is 0 Å². The molecule has 0 heterocycles. The van der Waals surface area contributed by atoms with Gasteiger partial charge in [-0.1, -0.05) is 33.6 Å². The summed E-state index contributed by atoms with van der Waals surface area (Å²) in [6, 6.07) is 0. The summed E-state index contributed by atoms with van der Waals surface area (Å²) in [5.41, 5.74) is 0. The maximum absolute atomic E-state index is 3.00. The average molecular weight is 202 g/mol. The van der Waals surface area contributed by atoms with Gasteiger partial charge in [0.15, 0.2) is 0 Å². The lowest BCUT2D eigenvalue weighted by Crippen LogP contribution is -2.16. The summed E-state index contributed by atoms with van der Waals surface area (Å²) in [6.07, 6.45) is 5.92. The van der Waals surface area contributed by atoms with E-state index in [0.717, 1.165) is 17.8 Å².